The molecule has 2 heterocycles. The largest absolute Gasteiger partial charge is 0.388 e. The second kappa shape index (κ2) is 2.91. The Hall–Kier alpha value is -0.810. The fourth-order valence-electron chi connectivity index (χ4n) is 2.12. The van der Waals surface area contributed by atoms with Gasteiger partial charge in [0.1, 0.15) is 6.34 Å². The van der Waals surface area contributed by atoms with Crippen LogP contribution in [-0.2, 0) is 0 Å². The third-order valence-electron chi connectivity index (χ3n) is 2.73. The molecule has 2 atom stereocenters. The molecule has 0 aromatic rings. The molecule has 5 heteroatoms. The van der Waals surface area contributed by atoms with E-state index in [4.69, 9.17) is 11.6 Å². The van der Waals surface area contributed by atoms with Crippen molar-refractivity contribution in [1.29, 1.82) is 0 Å². The van der Waals surface area contributed by atoms with E-state index >= 15 is 0 Å². The van der Waals surface area contributed by atoms with E-state index in [9.17, 15) is 0 Å². The Bertz CT molecular complexity index is 176. The summed E-state index contributed by atoms with van der Waals surface area (Å²) in [6, 6.07) is 1.69. The molecule has 0 aromatic heterocycles. The van der Waals surface area contributed by atoms with Crippen LogP contribution in [0.2, 0.25) is 0 Å². The highest BCUT2D eigenvalue weighted by Crippen LogP contribution is 2.30. The van der Waals surface area contributed by atoms with E-state index in [1.165, 1.54) is 17.9 Å². The summed E-state index contributed by atoms with van der Waals surface area (Å²) in [4.78, 5) is 0. The molecule has 2 bridgehead atoms. The van der Waals surface area contributed by atoms with Crippen molar-refractivity contribution in [3.63, 3.8) is 0 Å². The maximum atomic E-state index is 5.67. The van der Waals surface area contributed by atoms with E-state index in [0.29, 0.717) is 18.1 Å². The Kier molecular flexibility index (Phi) is 1.90. The lowest BCUT2D eigenvalue weighted by molar-refractivity contribution is 0.0681. The minimum absolute atomic E-state index is 0.370. The Balaban J connectivity index is 1.88. The molecule has 0 radical (unpaired) electrons. The molecule has 3 rings (SSSR count). The number of fused-ring (bicyclic) bond motifs is 2. The maximum Gasteiger partial charge on any atom is 0.107 e. The minimum Gasteiger partial charge on any atom is -0.388 e. The van der Waals surface area contributed by atoms with E-state index < -0.39 is 0 Å². The van der Waals surface area contributed by atoms with Crippen LogP contribution in [0.1, 0.15) is 19.3 Å². The molecule has 2 aliphatic heterocycles. The van der Waals surface area contributed by atoms with Crippen LogP contribution in [0.4, 0.5) is 0 Å². The van der Waals surface area contributed by atoms with Crippen molar-refractivity contribution in [1.82, 2.24) is 10.4 Å². The second-order valence-electron chi connectivity index (χ2n) is 3.57. The van der Waals surface area contributed by atoms with Crippen LogP contribution in [0, 0.1) is 0 Å². The van der Waals surface area contributed by atoms with Gasteiger partial charge in [0.2, 0.25) is 0 Å². The summed E-state index contributed by atoms with van der Waals surface area (Å²) in [5.41, 5.74) is 5.15. The summed E-state index contributed by atoms with van der Waals surface area (Å²) in [7, 11) is 0. The molecular formula is C7H15N5. The van der Waals surface area contributed by atoms with E-state index in [0.717, 1.165) is 12.8 Å². The average molecular weight is 169 g/mol. The molecule has 68 valence electrons. The zero-order valence-electron chi connectivity index (χ0n) is 6.98. The zero-order chi connectivity index (χ0) is 8.55. The number of hydrazone groups is 1. The smallest absolute Gasteiger partial charge is 0.107 e. The van der Waals surface area contributed by atoms with Crippen LogP contribution in [0.5, 0.6) is 0 Å². The van der Waals surface area contributed by atoms with E-state index in [-0.39, 0.29) is 0 Å². The predicted molar refractivity (Wildman–Crippen MR) is 47.1 cm³/mol. The standard InChI is InChI=1S/C7H15N5/c8-4-10-12(9)7-2-5-1-6(3-7)11-5/h4-7,11H,1-3,9H2,(H2,8,10). The monoisotopic (exact) mass is 169 g/mol. The van der Waals surface area contributed by atoms with Gasteiger partial charge in [0.05, 0.1) is 6.04 Å². The number of piperidine rings is 1. The molecule has 0 amide bonds. The lowest BCUT2D eigenvalue weighted by Gasteiger charge is -2.47. The minimum atomic E-state index is 0.370. The highest BCUT2D eigenvalue weighted by Gasteiger charge is 2.39. The SMILES string of the molecule is N/C=N\N(N)C1CC2CC(C1)N2. The number of hydrazine groups is 1. The van der Waals surface area contributed by atoms with Crippen LogP contribution in [0.25, 0.3) is 0 Å². The number of rotatable bonds is 2. The first kappa shape index (κ1) is 7.82. The molecule has 1 aliphatic carbocycles. The van der Waals surface area contributed by atoms with Gasteiger partial charge in [-0.05, 0) is 19.3 Å². The van der Waals surface area contributed by atoms with Crippen molar-refractivity contribution in [2.24, 2.45) is 16.7 Å². The predicted octanol–water partition coefficient (Wildman–Crippen LogP) is -1.04. The molecule has 3 fully saturated rings. The molecule has 0 aromatic carbocycles. The fourth-order valence-corrected chi connectivity index (χ4v) is 2.12. The molecule has 5 nitrogen and oxygen atoms in total. The Labute approximate surface area is 71.7 Å². The number of hydrogen-bond acceptors (Lipinski definition) is 4. The van der Waals surface area contributed by atoms with Crippen molar-refractivity contribution in [2.45, 2.75) is 37.4 Å². The Morgan fingerprint density at radius 3 is 2.42 bits per heavy atom. The quantitative estimate of drug-likeness (QED) is 0.213. The van der Waals surface area contributed by atoms with E-state index in [1.807, 2.05) is 0 Å². The van der Waals surface area contributed by atoms with Gasteiger partial charge in [-0.25, -0.2) is 11.0 Å². The summed E-state index contributed by atoms with van der Waals surface area (Å²) in [6.45, 7) is 0. The first-order valence-electron chi connectivity index (χ1n) is 4.33. The van der Waals surface area contributed by atoms with Gasteiger partial charge >= 0.3 is 0 Å². The third-order valence-corrected chi connectivity index (χ3v) is 2.73. The van der Waals surface area contributed by atoms with Gasteiger partial charge < -0.3 is 11.1 Å². The second-order valence-corrected chi connectivity index (χ2v) is 3.57. The maximum absolute atomic E-state index is 5.67. The normalized spacial score (nSPS) is 39.6. The number of nitrogens with one attached hydrogen (secondary N) is 1. The molecule has 2 unspecified atom stereocenters. The first-order valence-corrected chi connectivity index (χ1v) is 4.33. The van der Waals surface area contributed by atoms with Crippen LogP contribution in [0.15, 0.2) is 5.10 Å². The molecular weight excluding hydrogens is 154 g/mol. The van der Waals surface area contributed by atoms with Gasteiger partial charge in [-0.3, -0.25) is 0 Å². The van der Waals surface area contributed by atoms with Gasteiger partial charge in [0.15, 0.2) is 0 Å². The van der Waals surface area contributed by atoms with Gasteiger partial charge in [-0.15, -0.1) is 0 Å². The fraction of sp³-hybridized carbons (Fsp3) is 0.857. The van der Waals surface area contributed by atoms with Gasteiger partial charge in [-0.2, -0.15) is 5.10 Å². The van der Waals surface area contributed by atoms with Crippen LogP contribution >= 0.6 is 0 Å². The molecule has 2 saturated heterocycles. The van der Waals surface area contributed by atoms with Crippen molar-refractivity contribution in [2.75, 3.05) is 0 Å². The highest BCUT2D eigenvalue weighted by atomic mass is 15.6. The topological polar surface area (TPSA) is 79.7 Å². The summed E-state index contributed by atoms with van der Waals surface area (Å²) in [5.74, 6) is 5.67. The Morgan fingerprint density at radius 2 is 1.92 bits per heavy atom. The van der Waals surface area contributed by atoms with Crippen LogP contribution < -0.4 is 16.9 Å². The van der Waals surface area contributed by atoms with Gasteiger partial charge in [0, 0.05) is 12.1 Å². The van der Waals surface area contributed by atoms with E-state index in [2.05, 4.69) is 10.4 Å². The zero-order valence-corrected chi connectivity index (χ0v) is 6.98. The van der Waals surface area contributed by atoms with Gasteiger partial charge in [-0.1, -0.05) is 0 Å². The summed E-state index contributed by atoms with van der Waals surface area (Å²) in [5, 5.41) is 8.77. The lowest BCUT2D eigenvalue weighted by atomic mass is 9.80. The number of nitrogens with zero attached hydrogens (tertiary/aromatic N) is 2. The van der Waals surface area contributed by atoms with E-state index in [1.54, 1.807) is 0 Å². The Morgan fingerprint density at radius 1 is 1.33 bits per heavy atom. The van der Waals surface area contributed by atoms with Crippen LogP contribution in [-0.4, -0.2) is 29.6 Å². The molecule has 1 saturated carbocycles. The summed E-state index contributed by atoms with van der Waals surface area (Å²) in [6.07, 6.45) is 4.72. The average Bonchev–Trinajstić information content (AvgIpc) is 2.04. The van der Waals surface area contributed by atoms with Crippen molar-refractivity contribution in [3.8, 4) is 0 Å². The van der Waals surface area contributed by atoms with Crippen molar-refractivity contribution < 1.29 is 0 Å². The van der Waals surface area contributed by atoms with Crippen LogP contribution in [0.3, 0.4) is 0 Å². The summed E-state index contributed by atoms with van der Waals surface area (Å²) < 4.78 is 0. The first-order chi connectivity index (χ1) is 5.79. The molecule has 0 spiro atoms. The highest BCUT2D eigenvalue weighted by molar-refractivity contribution is 5.50. The van der Waals surface area contributed by atoms with Gasteiger partial charge in [0.25, 0.3) is 0 Å². The third kappa shape index (κ3) is 1.25. The number of nitrogens with two attached hydrogens (primary N) is 2. The lowest BCUT2D eigenvalue weighted by Crippen LogP contribution is -2.62. The number of hydrogen-bond donors (Lipinski definition) is 3. The summed E-state index contributed by atoms with van der Waals surface area (Å²) >= 11 is 0. The molecule has 5 N–H and O–H groups in total. The molecule has 3 aliphatic rings. The van der Waals surface area contributed by atoms with Crippen molar-refractivity contribution >= 4 is 6.34 Å². The van der Waals surface area contributed by atoms with Crippen molar-refractivity contribution in [3.05, 3.63) is 0 Å². The molecule has 12 heavy (non-hydrogen) atoms.